The molecule has 1 fully saturated rings. The third kappa shape index (κ3) is 4.74. The molecule has 7 heteroatoms. The molecule has 150 valence electrons. The number of halogens is 1. The van der Waals surface area contributed by atoms with E-state index in [0.717, 1.165) is 32.1 Å². The lowest BCUT2D eigenvalue weighted by Gasteiger charge is -2.20. The van der Waals surface area contributed by atoms with Gasteiger partial charge in [-0.2, -0.15) is 4.31 Å². The summed E-state index contributed by atoms with van der Waals surface area (Å²) >= 11 is 6.20. The number of anilines is 1. The van der Waals surface area contributed by atoms with Crippen LogP contribution in [-0.2, 0) is 16.4 Å². The maximum Gasteiger partial charge on any atom is 0.257 e. The number of sulfonamides is 1. The molecule has 1 heterocycles. The van der Waals surface area contributed by atoms with Crippen molar-refractivity contribution in [3.63, 3.8) is 0 Å². The smallest absolute Gasteiger partial charge is 0.257 e. The summed E-state index contributed by atoms with van der Waals surface area (Å²) in [5.41, 5.74) is 1.96. The van der Waals surface area contributed by atoms with Crippen LogP contribution in [0, 0.1) is 0 Å². The van der Waals surface area contributed by atoms with E-state index in [1.807, 2.05) is 24.3 Å². The van der Waals surface area contributed by atoms with Crippen LogP contribution in [0.15, 0.2) is 47.4 Å². The third-order valence-corrected chi connectivity index (χ3v) is 7.23. The Balaban J connectivity index is 1.84. The monoisotopic (exact) mass is 420 g/mol. The number of amides is 1. The zero-order valence-corrected chi connectivity index (χ0v) is 17.5. The Morgan fingerprint density at radius 3 is 2.29 bits per heavy atom. The summed E-state index contributed by atoms with van der Waals surface area (Å²) in [6, 6.07) is 11.8. The molecule has 0 saturated carbocycles. The molecule has 1 saturated heterocycles. The number of carbonyl (C=O) groups excluding carboxylic acids is 1. The van der Waals surface area contributed by atoms with Gasteiger partial charge in [-0.25, -0.2) is 8.42 Å². The van der Waals surface area contributed by atoms with E-state index in [9.17, 15) is 13.2 Å². The average Bonchev–Trinajstić information content (AvgIpc) is 2.99. The van der Waals surface area contributed by atoms with Gasteiger partial charge in [-0.15, -0.1) is 0 Å². The number of nitrogens with zero attached hydrogens (tertiary/aromatic N) is 1. The van der Waals surface area contributed by atoms with Crippen LogP contribution in [-0.4, -0.2) is 31.7 Å². The van der Waals surface area contributed by atoms with Crippen molar-refractivity contribution in [3.8, 4) is 0 Å². The minimum atomic E-state index is -3.65. The molecule has 5 nitrogen and oxygen atoms in total. The predicted octanol–water partition coefficient (Wildman–Crippen LogP) is 4.72. The van der Waals surface area contributed by atoms with Crippen LogP contribution >= 0.6 is 11.6 Å². The second-order valence-corrected chi connectivity index (χ2v) is 9.31. The maximum atomic E-state index is 13.0. The molecule has 1 N–H and O–H groups in total. The van der Waals surface area contributed by atoms with Gasteiger partial charge in [-0.1, -0.05) is 43.5 Å². The molecule has 3 rings (SSSR count). The van der Waals surface area contributed by atoms with Crippen LogP contribution < -0.4 is 5.32 Å². The lowest BCUT2D eigenvalue weighted by atomic mass is 10.1. The SMILES string of the molecule is CCc1ccc(NC(=O)c2cc(S(=O)(=O)N3CCCCCC3)ccc2Cl)cc1. The molecular weight excluding hydrogens is 396 g/mol. The minimum Gasteiger partial charge on any atom is -0.322 e. The molecule has 2 aromatic carbocycles. The lowest BCUT2D eigenvalue weighted by Crippen LogP contribution is -2.32. The highest BCUT2D eigenvalue weighted by atomic mass is 35.5. The largest absolute Gasteiger partial charge is 0.322 e. The molecule has 0 aliphatic carbocycles. The number of rotatable bonds is 5. The summed E-state index contributed by atoms with van der Waals surface area (Å²) in [6.07, 6.45) is 4.70. The normalized spacial score (nSPS) is 15.8. The Hall–Kier alpha value is -1.89. The van der Waals surface area contributed by atoms with E-state index in [4.69, 9.17) is 11.6 Å². The highest BCUT2D eigenvalue weighted by Gasteiger charge is 2.26. The number of hydrogen-bond donors (Lipinski definition) is 1. The second kappa shape index (κ2) is 9.07. The number of aryl methyl sites for hydroxylation is 1. The molecule has 2 aromatic rings. The van der Waals surface area contributed by atoms with Crippen molar-refractivity contribution in [2.75, 3.05) is 18.4 Å². The van der Waals surface area contributed by atoms with Crippen molar-refractivity contribution in [3.05, 3.63) is 58.6 Å². The molecule has 1 aliphatic rings. The van der Waals surface area contributed by atoms with Crippen molar-refractivity contribution >= 4 is 33.2 Å². The van der Waals surface area contributed by atoms with Crippen molar-refractivity contribution in [1.29, 1.82) is 0 Å². The van der Waals surface area contributed by atoms with E-state index in [1.54, 1.807) is 0 Å². The summed E-state index contributed by atoms with van der Waals surface area (Å²) in [7, 11) is -3.65. The molecule has 0 spiro atoms. The number of nitrogens with one attached hydrogen (secondary N) is 1. The van der Waals surface area contributed by atoms with E-state index in [1.165, 1.54) is 28.1 Å². The topological polar surface area (TPSA) is 66.5 Å². The van der Waals surface area contributed by atoms with Crippen LogP contribution in [0.1, 0.15) is 48.5 Å². The summed E-state index contributed by atoms with van der Waals surface area (Å²) in [6.45, 7) is 3.08. The van der Waals surface area contributed by atoms with Crippen LogP contribution in [0.2, 0.25) is 5.02 Å². The molecule has 0 aromatic heterocycles. The van der Waals surface area contributed by atoms with Gasteiger partial charge in [0, 0.05) is 18.8 Å². The van der Waals surface area contributed by atoms with E-state index in [0.29, 0.717) is 18.8 Å². The van der Waals surface area contributed by atoms with E-state index >= 15 is 0 Å². The van der Waals surface area contributed by atoms with Gasteiger partial charge in [-0.05, 0) is 55.2 Å². The fourth-order valence-corrected chi connectivity index (χ4v) is 5.04. The minimum absolute atomic E-state index is 0.102. The average molecular weight is 421 g/mol. The quantitative estimate of drug-likeness (QED) is 0.761. The van der Waals surface area contributed by atoms with Gasteiger partial charge in [0.15, 0.2) is 0 Å². The van der Waals surface area contributed by atoms with Crippen LogP contribution in [0.25, 0.3) is 0 Å². The van der Waals surface area contributed by atoms with Gasteiger partial charge in [0.1, 0.15) is 0 Å². The predicted molar refractivity (Wildman–Crippen MR) is 112 cm³/mol. The molecule has 0 unspecified atom stereocenters. The second-order valence-electron chi connectivity index (χ2n) is 6.96. The first-order valence-electron chi connectivity index (χ1n) is 9.62. The zero-order valence-electron chi connectivity index (χ0n) is 15.9. The van der Waals surface area contributed by atoms with Gasteiger partial charge < -0.3 is 5.32 Å². The molecule has 0 atom stereocenters. The number of benzene rings is 2. The molecule has 0 radical (unpaired) electrons. The maximum absolute atomic E-state index is 13.0. The molecule has 1 amide bonds. The fraction of sp³-hybridized carbons (Fsp3) is 0.381. The Kier molecular flexibility index (Phi) is 6.75. The van der Waals surface area contributed by atoms with Crippen LogP contribution in [0.4, 0.5) is 5.69 Å². The standard InChI is InChI=1S/C21H25ClN2O3S/c1-2-16-7-9-17(10-8-16)23-21(25)19-15-18(11-12-20(19)22)28(26,27)24-13-5-3-4-6-14-24/h7-12,15H,2-6,13-14H2,1H3,(H,23,25). The van der Waals surface area contributed by atoms with Gasteiger partial charge in [0.05, 0.1) is 15.5 Å². The first kappa shape index (κ1) is 20.8. The highest BCUT2D eigenvalue weighted by Crippen LogP contribution is 2.25. The molecule has 0 bridgehead atoms. The molecular formula is C21H25ClN2O3S. The molecule has 1 aliphatic heterocycles. The summed E-state index contributed by atoms with van der Waals surface area (Å²) in [5.74, 6) is -0.429. The first-order chi connectivity index (χ1) is 13.4. The van der Waals surface area contributed by atoms with E-state index in [2.05, 4.69) is 12.2 Å². The third-order valence-electron chi connectivity index (χ3n) is 5.01. The van der Waals surface area contributed by atoms with Crippen molar-refractivity contribution in [2.45, 2.75) is 43.9 Å². The Bertz CT molecular complexity index is 935. The Labute approximate surface area is 171 Å². The van der Waals surface area contributed by atoms with Gasteiger partial charge in [-0.3, -0.25) is 4.79 Å². The lowest BCUT2D eigenvalue weighted by molar-refractivity contribution is 0.102. The summed E-state index contributed by atoms with van der Waals surface area (Å²) in [4.78, 5) is 12.8. The van der Waals surface area contributed by atoms with E-state index < -0.39 is 15.9 Å². The van der Waals surface area contributed by atoms with Crippen molar-refractivity contribution < 1.29 is 13.2 Å². The molecule has 28 heavy (non-hydrogen) atoms. The van der Waals surface area contributed by atoms with Crippen LogP contribution in [0.5, 0.6) is 0 Å². The number of hydrogen-bond acceptors (Lipinski definition) is 3. The van der Waals surface area contributed by atoms with Gasteiger partial charge >= 0.3 is 0 Å². The van der Waals surface area contributed by atoms with Gasteiger partial charge in [0.25, 0.3) is 5.91 Å². The summed E-state index contributed by atoms with van der Waals surface area (Å²) in [5, 5.41) is 3.01. The number of carbonyl (C=O) groups is 1. The van der Waals surface area contributed by atoms with Crippen molar-refractivity contribution in [2.24, 2.45) is 0 Å². The fourth-order valence-electron chi connectivity index (χ4n) is 3.29. The first-order valence-corrected chi connectivity index (χ1v) is 11.4. The zero-order chi connectivity index (χ0) is 20.1. The Morgan fingerprint density at radius 1 is 1.04 bits per heavy atom. The Morgan fingerprint density at radius 2 is 1.68 bits per heavy atom. The highest BCUT2D eigenvalue weighted by molar-refractivity contribution is 7.89. The van der Waals surface area contributed by atoms with E-state index in [-0.39, 0.29) is 15.5 Å². The van der Waals surface area contributed by atoms with Gasteiger partial charge in [0.2, 0.25) is 10.0 Å². The van der Waals surface area contributed by atoms with Crippen LogP contribution in [0.3, 0.4) is 0 Å². The van der Waals surface area contributed by atoms with Crippen molar-refractivity contribution in [1.82, 2.24) is 4.31 Å². The summed E-state index contributed by atoms with van der Waals surface area (Å²) < 4.78 is 27.5.